The zero-order valence-electron chi connectivity index (χ0n) is 16.9. The molecule has 3 aromatic rings. The van der Waals surface area contributed by atoms with E-state index >= 15 is 0 Å². The van der Waals surface area contributed by atoms with Gasteiger partial charge in [-0.25, -0.2) is 8.42 Å². The number of amides is 1. The van der Waals surface area contributed by atoms with Crippen LogP contribution in [-0.4, -0.2) is 40.6 Å². The second-order valence-electron chi connectivity index (χ2n) is 6.92. The van der Waals surface area contributed by atoms with Crippen molar-refractivity contribution in [3.8, 4) is 11.3 Å². The summed E-state index contributed by atoms with van der Waals surface area (Å²) < 4.78 is 66.1. The van der Waals surface area contributed by atoms with Crippen LogP contribution in [-0.2, 0) is 23.2 Å². The summed E-state index contributed by atoms with van der Waals surface area (Å²) in [4.78, 5) is 12.7. The summed E-state index contributed by atoms with van der Waals surface area (Å²) in [5, 5.41) is 13.2. The highest BCUT2D eigenvalue weighted by molar-refractivity contribution is 7.92. The van der Waals surface area contributed by atoms with Crippen LogP contribution in [0, 0.1) is 13.8 Å². The first-order valence-corrected chi connectivity index (χ1v) is 10.7. The molecule has 1 amide bonds. The molecule has 3 rings (SSSR count). The minimum Gasteiger partial charge on any atom is -0.319 e. The van der Waals surface area contributed by atoms with Crippen LogP contribution in [0.25, 0.3) is 11.3 Å². The van der Waals surface area contributed by atoms with Crippen molar-refractivity contribution in [1.29, 1.82) is 0 Å². The van der Waals surface area contributed by atoms with Crippen molar-refractivity contribution in [2.24, 2.45) is 7.05 Å². The van der Waals surface area contributed by atoms with Crippen molar-refractivity contribution in [3.63, 3.8) is 0 Å². The number of H-pyrrole nitrogens is 1. The molecule has 0 saturated carbocycles. The Bertz CT molecular complexity index is 1260. The Morgan fingerprint density at radius 2 is 1.84 bits per heavy atom. The summed E-state index contributed by atoms with van der Waals surface area (Å²) in [6, 6.07) is 3.73. The highest BCUT2D eigenvalue weighted by Gasteiger charge is 2.31. The Labute approximate surface area is 175 Å². The van der Waals surface area contributed by atoms with E-state index in [2.05, 4.69) is 25.3 Å². The van der Waals surface area contributed by atoms with Gasteiger partial charge in [0.15, 0.2) is 0 Å². The van der Waals surface area contributed by atoms with Crippen molar-refractivity contribution in [2.45, 2.75) is 20.0 Å². The second kappa shape index (κ2) is 7.72. The predicted molar refractivity (Wildman–Crippen MR) is 108 cm³/mol. The molecule has 0 aliphatic rings. The largest absolute Gasteiger partial charge is 0.416 e. The zero-order valence-corrected chi connectivity index (χ0v) is 17.7. The number of hydrogen-bond acceptors (Lipinski definition) is 5. The Morgan fingerprint density at radius 1 is 1.16 bits per heavy atom. The third-order valence-electron chi connectivity index (χ3n) is 4.48. The zero-order chi connectivity index (χ0) is 23.1. The fourth-order valence-corrected chi connectivity index (χ4v) is 3.59. The number of benzene rings is 1. The minimum absolute atomic E-state index is 0.0274. The molecule has 0 aliphatic heterocycles. The number of hydrogen-bond donors (Lipinski definition) is 3. The molecule has 13 heteroatoms. The summed E-state index contributed by atoms with van der Waals surface area (Å²) in [6.07, 6.45) is -3.84. The van der Waals surface area contributed by atoms with Gasteiger partial charge in [-0.3, -0.25) is 19.3 Å². The maximum atomic E-state index is 13.1. The van der Waals surface area contributed by atoms with E-state index in [1.54, 1.807) is 18.7 Å². The molecule has 0 unspecified atom stereocenters. The highest BCUT2D eigenvalue weighted by atomic mass is 32.2. The second-order valence-corrected chi connectivity index (χ2v) is 8.67. The van der Waals surface area contributed by atoms with Gasteiger partial charge in [0.25, 0.3) is 5.91 Å². The van der Waals surface area contributed by atoms with Crippen molar-refractivity contribution in [1.82, 2.24) is 20.0 Å². The van der Waals surface area contributed by atoms with Crippen LogP contribution in [0.2, 0.25) is 0 Å². The predicted octanol–water partition coefficient (Wildman–Crippen LogP) is 3.07. The molecule has 166 valence electrons. The minimum atomic E-state index is -4.68. The smallest absolute Gasteiger partial charge is 0.319 e. The Kier molecular flexibility index (Phi) is 5.56. The maximum Gasteiger partial charge on any atom is 0.416 e. The lowest BCUT2D eigenvalue weighted by atomic mass is 10.1. The van der Waals surface area contributed by atoms with Crippen LogP contribution < -0.4 is 10.0 Å². The van der Waals surface area contributed by atoms with Crippen LogP contribution in [0.5, 0.6) is 0 Å². The number of anilines is 2. The van der Waals surface area contributed by atoms with Gasteiger partial charge in [0.1, 0.15) is 5.69 Å². The average Bonchev–Trinajstić information content (AvgIpc) is 3.19. The summed E-state index contributed by atoms with van der Waals surface area (Å²) in [7, 11) is -2.04. The first-order chi connectivity index (χ1) is 14.3. The van der Waals surface area contributed by atoms with E-state index in [1.165, 1.54) is 6.07 Å². The number of carbonyl (C=O) groups is 1. The van der Waals surface area contributed by atoms with Gasteiger partial charge in [-0.15, -0.1) is 0 Å². The number of sulfonamides is 1. The van der Waals surface area contributed by atoms with Gasteiger partial charge in [0, 0.05) is 18.3 Å². The molecule has 0 saturated heterocycles. The standard InChI is InChI=1S/C18H19F3N6O3S/c1-9-16(10(2)27(3)25-9)14-8-15(24-23-14)17(28)22-13-7-11(18(19,20)21)5-6-12(13)26-31(4,29)30/h5-8,26H,1-4H3,(H,22,28)(H,23,24). The monoisotopic (exact) mass is 456 g/mol. The molecule has 0 aliphatic carbocycles. The molecule has 0 radical (unpaired) electrons. The van der Waals surface area contributed by atoms with E-state index in [0.29, 0.717) is 23.5 Å². The van der Waals surface area contributed by atoms with Crippen LogP contribution in [0.3, 0.4) is 0 Å². The van der Waals surface area contributed by atoms with E-state index in [9.17, 15) is 26.4 Å². The summed E-state index contributed by atoms with van der Waals surface area (Å²) >= 11 is 0. The molecule has 1 aromatic carbocycles. The fourth-order valence-electron chi connectivity index (χ4n) is 3.01. The van der Waals surface area contributed by atoms with Gasteiger partial charge in [-0.05, 0) is 38.1 Å². The van der Waals surface area contributed by atoms with E-state index in [4.69, 9.17) is 0 Å². The molecule has 3 N–H and O–H groups in total. The Hall–Kier alpha value is -3.35. The number of halogens is 3. The number of nitrogens with zero attached hydrogens (tertiary/aromatic N) is 3. The lowest BCUT2D eigenvalue weighted by Gasteiger charge is -2.14. The quantitative estimate of drug-likeness (QED) is 0.545. The number of aromatic amines is 1. The van der Waals surface area contributed by atoms with E-state index in [0.717, 1.165) is 23.6 Å². The number of aryl methyl sites for hydroxylation is 2. The summed E-state index contributed by atoms with van der Waals surface area (Å²) in [5.41, 5.74) is 1.03. The van der Waals surface area contributed by atoms with Gasteiger partial charge < -0.3 is 5.32 Å². The lowest BCUT2D eigenvalue weighted by Crippen LogP contribution is -2.17. The topological polar surface area (TPSA) is 122 Å². The number of alkyl halides is 3. The normalized spacial score (nSPS) is 12.1. The van der Waals surface area contributed by atoms with Crippen LogP contribution >= 0.6 is 0 Å². The molecule has 2 heterocycles. The molecular formula is C18H19F3N6O3S. The van der Waals surface area contributed by atoms with Crippen LogP contribution in [0.4, 0.5) is 24.5 Å². The first kappa shape index (κ1) is 22.3. The molecule has 2 aromatic heterocycles. The molecule has 0 atom stereocenters. The van der Waals surface area contributed by atoms with Gasteiger partial charge in [-0.2, -0.15) is 23.4 Å². The highest BCUT2D eigenvalue weighted by Crippen LogP contribution is 2.34. The third kappa shape index (κ3) is 4.87. The van der Waals surface area contributed by atoms with Crippen LogP contribution in [0.1, 0.15) is 27.4 Å². The Balaban J connectivity index is 1.95. The van der Waals surface area contributed by atoms with Gasteiger partial charge in [-0.1, -0.05) is 0 Å². The van der Waals surface area contributed by atoms with Crippen LogP contribution in [0.15, 0.2) is 24.3 Å². The van der Waals surface area contributed by atoms with Gasteiger partial charge in [0.05, 0.1) is 34.6 Å². The Morgan fingerprint density at radius 3 is 2.39 bits per heavy atom. The lowest BCUT2D eigenvalue weighted by molar-refractivity contribution is -0.137. The third-order valence-corrected chi connectivity index (χ3v) is 5.07. The first-order valence-electron chi connectivity index (χ1n) is 8.82. The molecule has 9 nitrogen and oxygen atoms in total. The molecule has 0 fully saturated rings. The molecular weight excluding hydrogens is 437 g/mol. The number of aromatic nitrogens is 4. The maximum absolute atomic E-state index is 13.1. The van der Waals surface area contributed by atoms with Crippen molar-refractivity contribution in [3.05, 3.63) is 46.9 Å². The molecule has 0 spiro atoms. The number of rotatable bonds is 5. The summed E-state index contributed by atoms with van der Waals surface area (Å²) in [5.74, 6) is -0.797. The van der Waals surface area contributed by atoms with Crippen molar-refractivity contribution < 1.29 is 26.4 Å². The average molecular weight is 456 g/mol. The van der Waals surface area contributed by atoms with Gasteiger partial charge in [0.2, 0.25) is 10.0 Å². The van der Waals surface area contributed by atoms with E-state index in [-0.39, 0.29) is 17.1 Å². The van der Waals surface area contributed by atoms with Crippen molar-refractivity contribution >= 4 is 27.3 Å². The molecule has 31 heavy (non-hydrogen) atoms. The van der Waals surface area contributed by atoms with E-state index < -0.39 is 27.7 Å². The summed E-state index contributed by atoms with van der Waals surface area (Å²) in [6.45, 7) is 3.61. The SMILES string of the molecule is Cc1nn(C)c(C)c1-c1cc(C(=O)Nc2cc(C(F)(F)F)ccc2NS(C)(=O)=O)[nH]n1. The fraction of sp³-hybridized carbons (Fsp3) is 0.278. The van der Waals surface area contributed by atoms with E-state index in [1.807, 2.05) is 6.92 Å². The van der Waals surface area contributed by atoms with Crippen molar-refractivity contribution in [2.75, 3.05) is 16.3 Å². The van der Waals surface area contributed by atoms with Gasteiger partial charge >= 0.3 is 6.18 Å². The number of carbonyl (C=O) groups excluding carboxylic acids is 1. The molecule has 0 bridgehead atoms. The number of nitrogens with one attached hydrogen (secondary N) is 3.